The van der Waals surface area contributed by atoms with Gasteiger partial charge in [0.1, 0.15) is 5.75 Å². The van der Waals surface area contributed by atoms with Crippen LogP contribution in [0.2, 0.25) is 0 Å². The summed E-state index contributed by atoms with van der Waals surface area (Å²) in [5, 5.41) is 8.76. The Bertz CT molecular complexity index is 543. The number of ether oxygens (including phenoxy) is 3. The Balaban J connectivity index is 3.16. The van der Waals surface area contributed by atoms with Crippen molar-refractivity contribution in [3.8, 4) is 17.2 Å². The number of methoxy groups -OCH3 is 3. The topological polar surface area (TPSA) is 85.3 Å². The van der Waals surface area contributed by atoms with Gasteiger partial charge in [0.15, 0.2) is 11.5 Å². The Morgan fingerprint density at radius 2 is 1.59 bits per heavy atom. The number of carboxylic acid groups (broad SMARTS) is 1. The zero-order valence-electron chi connectivity index (χ0n) is 13.2. The van der Waals surface area contributed by atoms with E-state index in [2.05, 4.69) is 0 Å². The van der Waals surface area contributed by atoms with Crippen LogP contribution in [-0.2, 0) is 4.79 Å². The average molecular weight is 311 g/mol. The number of rotatable bonds is 8. The molecule has 0 aromatic heterocycles. The lowest BCUT2D eigenvalue weighted by molar-refractivity contribution is -0.137. The van der Waals surface area contributed by atoms with Gasteiger partial charge in [-0.25, -0.2) is 0 Å². The van der Waals surface area contributed by atoms with E-state index in [4.69, 9.17) is 19.3 Å². The fourth-order valence-electron chi connectivity index (χ4n) is 2.00. The van der Waals surface area contributed by atoms with Gasteiger partial charge in [0, 0.05) is 25.2 Å². The Morgan fingerprint density at radius 3 is 2.05 bits per heavy atom. The Kier molecular flexibility index (Phi) is 6.49. The SMILES string of the molecule is CCN(CCC(=O)O)C(=O)c1cc(OC)c(OC)cc1OC. The second-order valence-electron chi connectivity index (χ2n) is 4.44. The highest BCUT2D eigenvalue weighted by Crippen LogP contribution is 2.35. The monoisotopic (exact) mass is 311 g/mol. The van der Waals surface area contributed by atoms with Crippen molar-refractivity contribution in [2.45, 2.75) is 13.3 Å². The normalized spacial score (nSPS) is 10.0. The van der Waals surface area contributed by atoms with Crippen molar-refractivity contribution in [3.63, 3.8) is 0 Å². The summed E-state index contributed by atoms with van der Waals surface area (Å²) in [7, 11) is 4.41. The van der Waals surface area contributed by atoms with Gasteiger partial charge in [0.2, 0.25) is 0 Å². The molecular weight excluding hydrogens is 290 g/mol. The summed E-state index contributed by atoms with van der Waals surface area (Å²) in [5.41, 5.74) is 0.299. The Labute approximate surface area is 129 Å². The number of aliphatic carboxylic acids is 1. The summed E-state index contributed by atoms with van der Waals surface area (Å²) in [5.74, 6) is -0.0751. The third-order valence-electron chi connectivity index (χ3n) is 3.20. The van der Waals surface area contributed by atoms with Gasteiger partial charge in [-0.15, -0.1) is 0 Å². The van der Waals surface area contributed by atoms with Gasteiger partial charge in [-0.3, -0.25) is 9.59 Å². The zero-order valence-corrected chi connectivity index (χ0v) is 13.2. The van der Waals surface area contributed by atoms with Crippen molar-refractivity contribution in [2.24, 2.45) is 0 Å². The molecule has 0 unspecified atom stereocenters. The van der Waals surface area contributed by atoms with Crippen molar-refractivity contribution in [1.29, 1.82) is 0 Å². The van der Waals surface area contributed by atoms with Crippen molar-refractivity contribution >= 4 is 11.9 Å². The van der Waals surface area contributed by atoms with Crippen molar-refractivity contribution in [2.75, 3.05) is 34.4 Å². The molecule has 122 valence electrons. The van der Waals surface area contributed by atoms with Crippen LogP contribution < -0.4 is 14.2 Å². The molecule has 1 N–H and O–H groups in total. The molecule has 0 radical (unpaired) electrons. The van der Waals surface area contributed by atoms with Gasteiger partial charge in [-0.1, -0.05) is 0 Å². The lowest BCUT2D eigenvalue weighted by atomic mass is 10.1. The molecule has 0 saturated carbocycles. The first-order valence-corrected chi connectivity index (χ1v) is 6.79. The van der Waals surface area contributed by atoms with Crippen LogP contribution in [0.4, 0.5) is 0 Å². The lowest BCUT2D eigenvalue weighted by Gasteiger charge is -2.22. The largest absolute Gasteiger partial charge is 0.496 e. The molecule has 0 aliphatic carbocycles. The van der Waals surface area contributed by atoms with E-state index in [9.17, 15) is 9.59 Å². The smallest absolute Gasteiger partial charge is 0.305 e. The van der Waals surface area contributed by atoms with Gasteiger partial charge in [0.05, 0.1) is 33.3 Å². The Hall–Kier alpha value is -2.44. The summed E-state index contributed by atoms with van der Waals surface area (Å²) in [6.45, 7) is 2.30. The summed E-state index contributed by atoms with van der Waals surface area (Å²) >= 11 is 0. The Morgan fingerprint density at radius 1 is 1.05 bits per heavy atom. The number of carbonyl (C=O) groups is 2. The highest BCUT2D eigenvalue weighted by atomic mass is 16.5. The predicted molar refractivity (Wildman–Crippen MR) is 79.9 cm³/mol. The molecule has 7 nitrogen and oxygen atoms in total. The zero-order chi connectivity index (χ0) is 16.7. The number of nitrogens with zero attached hydrogens (tertiary/aromatic N) is 1. The molecule has 1 rings (SSSR count). The van der Waals surface area contributed by atoms with Gasteiger partial charge >= 0.3 is 5.97 Å². The fourth-order valence-corrected chi connectivity index (χ4v) is 2.00. The van der Waals surface area contributed by atoms with E-state index < -0.39 is 5.97 Å². The summed E-state index contributed by atoms with van der Waals surface area (Å²) in [4.78, 5) is 24.7. The molecular formula is C15H21NO6. The summed E-state index contributed by atoms with van der Waals surface area (Å²) < 4.78 is 15.6. The highest BCUT2D eigenvalue weighted by Gasteiger charge is 2.22. The fraction of sp³-hybridized carbons (Fsp3) is 0.467. The third-order valence-corrected chi connectivity index (χ3v) is 3.20. The molecule has 7 heteroatoms. The summed E-state index contributed by atoms with van der Waals surface area (Å²) in [6, 6.07) is 3.10. The molecule has 1 amide bonds. The molecule has 0 heterocycles. The standard InChI is InChI=1S/C15H21NO6/c1-5-16(7-6-14(17)18)15(19)10-8-12(21-3)13(22-4)9-11(10)20-2/h8-9H,5-7H2,1-4H3,(H,17,18). The number of amides is 1. The molecule has 1 aromatic rings. The average Bonchev–Trinajstić information content (AvgIpc) is 2.53. The third kappa shape index (κ3) is 4.03. The van der Waals surface area contributed by atoms with Crippen molar-refractivity contribution < 1.29 is 28.9 Å². The van der Waals surface area contributed by atoms with Gasteiger partial charge in [-0.05, 0) is 6.92 Å². The van der Waals surface area contributed by atoms with Crippen LogP contribution in [0.1, 0.15) is 23.7 Å². The molecule has 0 aliphatic rings. The van der Waals surface area contributed by atoms with Crippen LogP contribution >= 0.6 is 0 Å². The second kappa shape index (κ2) is 8.11. The van der Waals surface area contributed by atoms with Crippen molar-refractivity contribution in [1.82, 2.24) is 4.90 Å². The number of carbonyl (C=O) groups excluding carboxylic acids is 1. The molecule has 0 spiro atoms. The van der Waals surface area contributed by atoms with Crippen LogP contribution in [0.25, 0.3) is 0 Å². The van der Waals surface area contributed by atoms with E-state index in [0.717, 1.165) is 0 Å². The number of benzene rings is 1. The maximum atomic E-state index is 12.6. The number of carboxylic acids is 1. The molecule has 22 heavy (non-hydrogen) atoms. The van der Waals surface area contributed by atoms with E-state index in [1.165, 1.54) is 32.3 Å². The molecule has 0 fully saturated rings. The maximum Gasteiger partial charge on any atom is 0.305 e. The minimum Gasteiger partial charge on any atom is -0.496 e. The van der Waals surface area contributed by atoms with E-state index in [1.807, 2.05) is 0 Å². The van der Waals surface area contributed by atoms with E-state index >= 15 is 0 Å². The minimum atomic E-state index is -0.953. The molecule has 0 bridgehead atoms. The number of hydrogen-bond acceptors (Lipinski definition) is 5. The van der Waals surface area contributed by atoms with Gasteiger partial charge in [-0.2, -0.15) is 0 Å². The minimum absolute atomic E-state index is 0.116. The maximum absolute atomic E-state index is 12.6. The molecule has 1 aromatic carbocycles. The molecule has 0 atom stereocenters. The first-order chi connectivity index (χ1) is 10.5. The van der Waals surface area contributed by atoms with Gasteiger partial charge < -0.3 is 24.2 Å². The van der Waals surface area contributed by atoms with Crippen LogP contribution in [0, 0.1) is 0 Å². The first kappa shape index (κ1) is 17.6. The second-order valence-corrected chi connectivity index (χ2v) is 4.44. The van der Waals surface area contributed by atoms with Crippen molar-refractivity contribution in [3.05, 3.63) is 17.7 Å². The first-order valence-electron chi connectivity index (χ1n) is 6.79. The van der Waals surface area contributed by atoms with E-state index in [1.54, 1.807) is 13.0 Å². The number of hydrogen-bond donors (Lipinski definition) is 1. The van der Waals surface area contributed by atoms with E-state index in [0.29, 0.717) is 29.4 Å². The summed E-state index contributed by atoms with van der Waals surface area (Å²) in [6.07, 6.45) is -0.116. The predicted octanol–water partition coefficient (Wildman–Crippen LogP) is 1.65. The van der Waals surface area contributed by atoms with Crippen LogP contribution in [0.3, 0.4) is 0 Å². The van der Waals surface area contributed by atoms with Gasteiger partial charge in [0.25, 0.3) is 5.91 Å². The van der Waals surface area contributed by atoms with Crippen LogP contribution in [-0.4, -0.2) is 56.3 Å². The molecule has 0 aliphatic heterocycles. The quantitative estimate of drug-likeness (QED) is 0.785. The lowest BCUT2D eigenvalue weighted by Crippen LogP contribution is -2.33. The van der Waals surface area contributed by atoms with Crippen LogP contribution in [0.15, 0.2) is 12.1 Å². The molecule has 0 saturated heterocycles. The van der Waals surface area contributed by atoms with E-state index in [-0.39, 0.29) is 18.9 Å². The highest BCUT2D eigenvalue weighted by molar-refractivity contribution is 5.98. The van der Waals surface area contributed by atoms with Crippen LogP contribution in [0.5, 0.6) is 17.2 Å².